The van der Waals surface area contributed by atoms with E-state index in [1.165, 1.54) is 0 Å². The Hall–Kier alpha value is -3.63. The molecule has 3 nitrogen and oxygen atoms in total. The second-order valence-electron chi connectivity index (χ2n) is 7.70. The number of halogens is 2. The number of nitrogens with zero attached hydrogens (tertiary/aromatic N) is 3. The highest BCUT2D eigenvalue weighted by Crippen LogP contribution is 2.38. The van der Waals surface area contributed by atoms with Crippen molar-refractivity contribution in [3.05, 3.63) is 123 Å². The topological polar surface area (TPSA) is 60.5 Å². The van der Waals surface area contributed by atoms with Crippen LogP contribution in [0.2, 0.25) is 10.0 Å². The molecule has 4 aromatic rings. The molecule has 0 spiro atoms. The van der Waals surface area contributed by atoms with Crippen LogP contribution in [0.5, 0.6) is 0 Å². The van der Waals surface area contributed by atoms with E-state index in [-0.39, 0.29) is 5.92 Å². The Balaban J connectivity index is 1.74. The van der Waals surface area contributed by atoms with Crippen molar-refractivity contribution < 1.29 is 0 Å². The van der Waals surface area contributed by atoms with Gasteiger partial charge in [0.25, 0.3) is 0 Å². The Kier molecular flexibility index (Phi) is 7.06. The van der Waals surface area contributed by atoms with Gasteiger partial charge in [0.1, 0.15) is 0 Å². The predicted octanol–water partition coefficient (Wildman–Crippen LogP) is 7.56. The number of aromatic nitrogens is 1. The lowest BCUT2D eigenvalue weighted by Gasteiger charge is -2.20. The van der Waals surface area contributed by atoms with Crippen molar-refractivity contribution in [2.24, 2.45) is 0 Å². The smallest absolute Gasteiger partial charge is 0.0998 e. The lowest BCUT2D eigenvalue weighted by atomic mass is 9.84. The maximum Gasteiger partial charge on any atom is 0.0998 e. The average Bonchev–Trinajstić information content (AvgIpc) is 2.87. The summed E-state index contributed by atoms with van der Waals surface area (Å²) in [5, 5.41) is 19.7. The summed E-state index contributed by atoms with van der Waals surface area (Å²) < 4.78 is 0. The fraction of sp³-hybridized carbons (Fsp3) is 0.107. The van der Waals surface area contributed by atoms with Gasteiger partial charge in [-0.05, 0) is 65.9 Å². The van der Waals surface area contributed by atoms with Crippen LogP contribution in [0.3, 0.4) is 0 Å². The Morgan fingerprint density at radius 1 is 0.818 bits per heavy atom. The van der Waals surface area contributed by atoms with E-state index in [0.717, 1.165) is 40.7 Å². The zero-order chi connectivity index (χ0) is 23.2. The molecule has 5 heteroatoms. The summed E-state index contributed by atoms with van der Waals surface area (Å²) in [7, 11) is 0. The first-order valence-corrected chi connectivity index (χ1v) is 11.2. The summed E-state index contributed by atoms with van der Waals surface area (Å²) in [5.74, 6) is 0.0683. The molecular weight excluding hydrogens is 449 g/mol. The Bertz CT molecular complexity index is 1350. The zero-order valence-electron chi connectivity index (χ0n) is 17.7. The molecule has 0 saturated carbocycles. The van der Waals surface area contributed by atoms with Gasteiger partial charge in [-0.25, -0.2) is 0 Å². The average molecular weight is 468 g/mol. The van der Waals surface area contributed by atoms with Crippen LogP contribution >= 0.6 is 23.2 Å². The number of nitriles is 2. The number of pyridine rings is 1. The molecule has 0 aliphatic rings. The van der Waals surface area contributed by atoms with E-state index in [9.17, 15) is 5.26 Å². The van der Waals surface area contributed by atoms with Gasteiger partial charge in [-0.3, -0.25) is 4.98 Å². The van der Waals surface area contributed by atoms with Crippen molar-refractivity contribution in [1.82, 2.24) is 4.98 Å². The van der Waals surface area contributed by atoms with E-state index < -0.39 is 0 Å². The van der Waals surface area contributed by atoms with E-state index in [2.05, 4.69) is 23.2 Å². The van der Waals surface area contributed by atoms with Crippen LogP contribution in [0.1, 0.15) is 40.2 Å². The van der Waals surface area contributed by atoms with E-state index in [1.54, 1.807) is 12.3 Å². The molecule has 0 fully saturated rings. The van der Waals surface area contributed by atoms with Gasteiger partial charge in [-0.2, -0.15) is 10.5 Å². The lowest BCUT2D eigenvalue weighted by Crippen LogP contribution is -2.05. The molecule has 33 heavy (non-hydrogen) atoms. The minimum absolute atomic E-state index is 0.0683. The fourth-order valence-corrected chi connectivity index (χ4v) is 4.38. The van der Waals surface area contributed by atoms with Gasteiger partial charge >= 0.3 is 0 Å². The minimum atomic E-state index is 0.0683. The minimum Gasteiger partial charge on any atom is -0.264 e. The summed E-state index contributed by atoms with van der Waals surface area (Å²) in [5.41, 5.74) is 6.02. The summed E-state index contributed by atoms with van der Waals surface area (Å²) in [6.45, 7) is 0. The molecule has 1 heterocycles. The molecule has 0 aliphatic heterocycles. The first kappa shape index (κ1) is 22.6. The zero-order valence-corrected chi connectivity index (χ0v) is 19.2. The first-order chi connectivity index (χ1) is 16.1. The molecule has 0 bridgehead atoms. The van der Waals surface area contributed by atoms with Crippen LogP contribution in [0.4, 0.5) is 0 Å². The molecular formula is C28H19Cl2N3. The summed E-state index contributed by atoms with van der Waals surface area (Å²) >= 11 is 12.8. The standard InChI is InChI=1S/C28H19Cl2N3/c29-27-5-1-4-25(28(27)30)26-15-21(11-12-22(26)17-32)24(23-3-2-14-33-18-23)13-10-19-6-8-20(16-31)9-7-19/h1-9,11-12,14-15,18,24H,10,13H2. The number of hydrogen-bond acceptors (Lipinski definition) is 3. The molecule has 0 saturated heterocycles. The van der Waals surface area contributed by atoms with E-state index >= 15 is 0 Å². The third-order valence-corrected chi connectivity index (χ3v) is 6.52. The molecule has 1 atom stereocenters. The molecule has 3 aromatic carbocycles. The van der Waals surface area contributed by atoms with Crippen molar-refractivity contribution in [2.45, 2.75) is 18.8 Å². The maximum atomic E-state index is 9.72. The molecule has 160 valence electrons. The van der Waals surface area contributed by atoms with Gasteiger partial charge in [-0.15, -0.1) is 0 Å². The van der Waals surface area contributed by atoms with Gasteiger partial charge in [0.15, 0.2) is 0 Å². The van der Waals surface area contributed by atoms with Crippen molar-refractivity contribution in [2.75, 3.05) is 0 Å². The molecule has 0 aliphatic carbocycles. The van der Waals surface area contributed by atoms with Crippen molar-refractivity contribution in [3.8, 4) is 23.3 Å². The van der Waals surface area contributed by atoms with Crippen LogP contribution in [0.25, 0.3) is 11.1 Å². The maximum absolute atomic E-state index is 9.72. The van der Waals surface area contributed by atoms with Crippen LogP contribution < -0.4 is 0 Å². The predicted molar refractivity (Wildman–Crippen MR) is 132 cm³/mol. The lowest BCUT2D eigenvalue weighted by molar-refractivity contribution is 0.712. The van der Waals surface area contributed by atoms with E-state index in [1.807, 2.05) is 66.9 Å². The second-order valence-corrected chi connectivity index (χ2v) is 8.49. The van der Waals surface area contributed by atoms with Gasteiger partial charge in [0.2, 0.25) is 0 Å². The number of aryl methyl sites for hydroxylation is 1. The van der Waals surface area contributed by atoms with Crippen LogP contribution in [-0.4, -0.2) is 4.98 Å². The highest BCUT2D eigenvalue weighted by molar-refractivity contribution is 6.43. The Morgan fingerprint density at radius 3 is 2.33 bits per heavy atom. The van der Waals surface area contributed by atoms with Crippen LogP contribution in [0.15, 0.2) is 85.2 Å². The van der Waals surface area contributed by atoms with E-state index in [0.29, 0.717) is 21.2 Å². The Morgan fingerprint density at radius 2 is 1.64 bits per heavy atom. The third kappa shape index (κ3) is 5.07. The number of rotatable bonds is 6. The molecule has 0 N–H and O–H groups in total. The number of benzene rings is 3. The van der Waals surface area contributed by atoms with Crippen molar-refractivity contribution >= 4 is 23.2 Å². The summed E-state index contributed by atoms with van der Waals surface area (Å²) in [6.07, 6.45) is 5.32. The Labute approximate surface area is 203 Å². The molecule has 1 unspecified atom stereocenters. The summed E-state index contributed by atoms with van der Waals surface area (Å²) in [4.78, 5) is 4.32. The second kappa shape index (κ2) is 10.3. The largest absolute Gasteiger partial charge is 0.264 e. The number of hydrogen-bond donors (Lipinski definition) is 0. The van der Waals surface area contributed by atoms with Crippen molar-refractivity contribution in [1.29, 1.82) is 10.5 Å². The molecule has 4 rings (SSSR count). The third-order valence-electron chi connectivity index (χ3n) is 5.70. The molecule has 0 amide bonds. The van der Waals surface area contributed by atoms with E-state index in [4.69, 9.17) is 28.5 Å². The molecule has 0 radical (unpaired) electrons. The van der Waals surface area contributed by atoms with Gasteiger partial charge in [-0.1, -0.05) is 59.6 Å². The highest BCUT2D eigenvalue weighted by Gasteiger charge is 2.18. The first-order valence-electron chi connectivity index (χ1n) is 10.5. The summed E-state index contributed by atoms with van der Waals surface area (Å²) in [6, 6.07) is 27.4. The molecule has 1 aromatic heterocycles. The van der Waals surface area contributed by atoms with Crippen LogP contribution in [-0.2, 0) is 6.42 Å². The van der Waals surface area contributed by atoms with Gasteiger partial charge < -0.3 is 0 Å². The fourth-order valence-electron chi connectivity index (χ4n) is 3.98. The SMILES string of the molecule is N#Cc1ccc(CCC(c2cccnc2)c2ccc(C#N)c(-c3cccc(Cl)c3Cl)c2)cc1. The quantitative estimate of drug-likeness (QED) is 0.293. The van der Waals surface area contributed by atoms with Gasteiger partial charge in [0, 0.05) is 29.4 Å². The van der Waals surface area contributed by atoms with Gasteiger partial charge in [0.05, 0.1) is 33.3 Å². The monoisotopic (exact) mass is 467 g/mol. The normalized spacial score (nSPS) is 11.4. The highest BCUT2D eigenvalue weighted by atomic mass is 35.5. The van der Waals surface area contributed by atoms with Crippen molar-refractivity contribution in [3.63, 3.8) is 0 Å². The van der Waals surface area contributed by atoms with Crippen LogP contribution in [0, 0.1) is 22.7 Å².